The van der Waals surface area contributed by atoms with Crippen LogP contribution in [0.3, 0.4) is 0 Å². The Balaban J connectivity index is 0.000000659. The minimum Gasteiger partial charge on any atom is -0.166 e. The van der Waals surface area contributed by atoms with Crippen LogP contribution in [-0.2, 0) is 6.18 Å². The van der Waals surface area contributed by atoms with Crippen molar-refractivity contribution in [3.63, 3.8) is 0 Å². The molecule has 3 heteroatoms. The smallest absolute Gasteiger partial charge is 0.166 e. The average Bonchev–Trinajstić information content (AvgIpc) is 3.17. The normalized spacial score (nSPS) is 14.0. The predicted molar refractivity (Wildman–Crippen MR) is 70.9 cm³/mol. The van der Waals surface area contributed by atoms with Crippen molar-refractivity contribution in [2.75, 3.05) is 0 Å². The average molecular weight is 260 g/mol. The van der Waals surface area contributed by atoms with Gasteiger partial charge in [0.1, 0.15) is 0 Å². The Morgan fingerprint density at radius 3 is 1.89 bits per heavy atom. The maximum atomic E-state index is 12.6. The zero-order chi connectivity index (χ0) is 14.3. The summed E-state index contributed by atoms with van der Waals surface area (Å²) in [5.41, 5.74) is 0.699. The molecule has 0 nitrogen and oxygen atoms in total. The lowest BCUT2D eigenvalue weighted by molar-refractivity contribution is -0.138. The highest BCUT2D eigenvalue weighted by Crippen LogP contribution is 2.45. The first kappa shape index (κ1) is 17.0. The van der Waals surface area contributed by atoms with E-state index in [-0.39, 0.29) is 5.92 Å². The molecule has 104 valence electrons. The van der Waals surface area contributed by atoms with Crippen molar-refractivity contribution in [3.8, 4) is 0 Å². The van der Waals surface area contributed by atoms with Crippen LogP contribution < -0.4 is 0 Å². The number of hydrogen-bond donors (Lipinski definition) is 0. The second-order valence-corrected chi connectivity index (χ2v) is 3.86. The van der Waals surface area contributed by atoms with Gasteiger partial charge in [0.05, 0.1) is 5.56 Å². The Labute approximate surface area is 108 Å². The summed E-state index contributed by atoms with van der Waals surface area (Å²) in [6.45, 7) is 9.69. The van der Waals surface area contributed by atoms with Crippen molar-refractivity contribution in [2.24, 2.45) is 0 Å². The molecule has 1 saturated carbocycles. The third kappa shape index (κ3) is 4.71. The molecule has 0 atom stereocenters. The molecule has 1 fully saturated rings. The monoisotopic (exact) mass is 260 g/mol. The predicted octanol–water partition coefficient (Wildman–Crippen LogP) is 5.94. The zero-order valence-corrected chi connectivity index (χ0v) is 11.9. The summed E-state index contributed by atoms with van der Waals surface area (Å²) in [6.07, 6.45) is -2.41. The van der Waals surface area contributed by atoms with E-state index in [0.717, 1.165) is 12.8 Å². The first-order valence-corrected chi connectivity index (χ1v) is 6.66. The molecule has 0 radical (unpaired) electrons. The zero-order valence-electron chi connectivity index (χ0n) is 11.9. The van der Waals surface area contributed by atoms with Crippen molar-refractivity contribution in [2.45, 2.75) is 59.6 Å². The first-order chi connectivity index (χ1) is 8.48. The molecule has 1 aliphatic rings. The molecule has 1 aliphatic carbocycles. The van der Waals surface area contributed by atoms with Gasteiger partial charge in [-0.1, -0.05) is 45.4 Å². The Hall–Kier alpha value is -0.990. The molecule has 1 aromatic carbocycles. The van der Waals surface area contributed by atoms with E-state index in [1.54, 1.807) is 19.1 Å². The van der Waals surface area contributed by atoms with Gasteiger partial charge in [-0.05, 0) is 37.3 Å². The van der Waals surface area contributed by atoms with Crippen molar-refractivity contribution in [1.82, 2.24) is 0 Å². The van der Waals surface area contributed by atoms with Crippen LogP contribution in [0.25, 0.3) is 0 Å². The summed E-state index contributed by atoms with van der Waals surface area (Å²) >= 11 is 0. The van der Waals surface area contributed by atoms with Gasteiger partial charge >= 0.3 is 6.18 Å². The van der Waals surface area contributed by atoms with Gasteiger partial charge in [-0.2, -0.15) is 13.2 Å². The summed E-state index contributed by atoms with van der Waals surface area (Å²) in [7, 11) is 0. The molecule has 0 bridgehead atoms. The maximum absolute atomic E-state index is 12.6. The van der Waals surface area contributed by atoms with Gasteiger partial charge in [0, 0.05) is 0 Å². The highest BCUT2D eigenvalue weighted by molar-refractivity contribution is 5.38. The van der Waals surface area contributed by atoms with Crippen LogP contribution in [0, 0.1) is 6.92 Å². The van der Waals surface area contributed by atoms with E-state index in [9.17, 15) is 13.2 Å². The van der Waals surface area contributed by atoms with Crippen LogP contribution in [0.15, 0.2) is 18.2 Å². The summed E-state index contributed by atoms with van der Waals surface area (Å²) in [4.78, 5) is 0. The molecule has 18 heavy (non-hydrogen) atoms. The second-order valence-electron chi connectivity index (χ2n) is 3.86. The molecular formula is C15H23F3. The number of halogens is 3. The third-order valence-corrected chi connectivity index (χ3v) is 2.53. The molecular weight excluding hydrogens is 237 g/mol. The number of rotatable bonds is 1. The van der Waals surface area contributed by atoms with Gasteiger partial charge in [-0.3, -0.25) is 0 Å². The highest BCUT2D eigenvalue weighted by atomic mass is 19.4. The molecule has 1 aromatic rings. The Bertz CT molecular complexity index is 349. The van der Waals surface area contributed by atoms with Gasteiger partial charge < -0.3 is 0 Å². The van der Waals surface area contributed by atoms with Crippen molar-refractivity contribution in [3.05, 3.63) is 34.9 Å². The lowest BCUT2D eigenvalue weighted by atomic mass is 10.0. The number of benzene rings is 1. The van der Waals surface area contributed by atoms with E-state index in [1.165, 1.54) is 6.07 Å². The Kier molecular flexibility index (Phi) is 7.04. The van der Waals surface area contributed by atoms with E-state index in [2.05, 4.69) is 0 Å². The number of hydrogen-bond acceptors (Lipinski definition) is 0. The van der Waals surface area contributed by atoms with Gasteiger partial charge in [-0.15, -0.1) is 0 Å². The summed E-state index contributed by atoms with van der Waals surface area (Å²) in [5.74, 6) is 0.146. The van der Waals surface area contributed by atoms with E-state index in [4.69, 9.17) is 0 Å². The molecule has 0 heterocycles. The molecule has 0 aromatic heterocycles. The standard InChI is InChI=1S/C11H11F3.2C2H6/c1-7-2-5-9(8-3-4-8)10(6-7)11(12,13)14;2*1-2/h2,5-6,8H,3-4H2,1H3;2*1-2H3. The summed E-state index contributed by atoms with van der Waals surface area (Å²) in [6, 6.07) is 4.62. The van der Waals surface area contributed by atoms with Crippen molar-refractivity contribution >= 4 is 0 Å². The van der Waals surface area contributed by atoms with Gasteiger partial charge in [0.25, 0.3) is 0 Å². The molecule has 0 N–H and O–H groups in total. The van der Waals surface area contributed by atoms with Gasteiger partial charge in [-0.25, -0.2) is 0 Å². The van der Waals surface area contributed by atoms with E-state index in [0.29, 0.717) is 11.1 Å². The molecule has 0 unspecified atom stereocenters. The lowest BCUT2D eigenvalue weighted by Gasteiger charge is -2.12. The van der Waals surface area contributed by atoms with Crippen LogP contribution in [-0.4, -0.2) is 0 Å². The topological polar surface area (TPSA) is 0 Å². The van der Waals surface area contributed by atoms with Gasteiger partial charge in [0.2, 0.25) is 0 Å². The van der Waals surface area contributed by atoms with E-state index < -0.39 is 11.7 Å². The lowest BCUT2D eigenvalue weighted by Crippen LogP contribution is -2.08. The number of aryl methyl sites for hydroxylation is 1. The van der Waals surface area contributed by atoms with Crippen molar-refractivity contribution in [1.29, 1.82) is 0 Å². The maximum Gasteiger partial charge on any atom is 0.416 e. The Morgan fingerprint density at radius 1 is 1.00 bits per heavy atom. The summed E-state index contributed by atoms with van der Waals surface area (Å²) in [5, 5.41) is 0. The second kappa shape index (κ2) is 7.45. The fourth-order valence-electron chi connectivity index (χ4n) is 1.67. The molecule has 0 spiro atoms. The van der Waals surface area contributed by atoms with Crippen LogP contribution in [0.1, 0.15) is 63.1 Å². The Morgan fingerprint density at radius 2 is 1.50 bits per heavy atom. The minimum absolute atomic E-state index is 0.146. The largest absolute Gasteiger partial charge is 0.416 e. The first-order valence-electron chi connectivity index (χ1n) is 6.66. The highest BCUT2D eigenvalue weighted by Gasteiger charge is 2.37. The molecule has 0 amide bonds. The van der Waals surface area contributed by atoms with Crippen LogP contribution >= 0.6 is 0 Å². The SMILES string of the molecule is CC.CC.Cc1ccc(C2CC2)c(C(F)(F)F)c1. The van der Waals surface area contributed by atoms with Crippen LogP contribution in [0.5, 0.6) is 0 Å². The van der Waals surface area contributed by atoms with E-state index >= 15 is 0 Å². The number of alkyl halides is 3. The van der Waals surface area contributed by atoms with E-state index in [1.807, 2.05) is 27.7 Å². The molecule has 2 rings (SSSR count). The fourth-order valence-corrected chi connectivity index (χ4v) is 1.67. The minimum atomic E-state index is -4.20. The third-order valence-electron chi connectivity index (χ3n) is 2.53. The van der Waals surface area contributed by atoms with Crippen molar-refractivity contribution < 1.29 is 13.2 Å². The summed E-state index contributed by atoms with van der Waals surface area (Å²) < 4.78 is 37.8. The van der Waals surface area contributed by atoms with Crippen LogP contribution in [0.2, 0.25) is 0 Å². The van der Waals surface area contributed by atoms with Crippen LogP contribution in [0.4, 0.5) is 13.2 Å². The molecule has 0 saturated heterocycles. The quantitative estimate of drug-likeness (QED) is 0.586. The fraction of sp³-hybridized carbons (Fsp3) is 0.600. The van der Waals surface area contributed by atoms with Gasteiger partial charge in [0.15, 0.2) is 0 Å². The molecule has 0 aliphatic heterocycles.